The van der Waals surface area contributed by atoms with Gasteiger partial charge in [0.1, 0.15) is 5.82 Å². The number of carbonyl (C=O) groups excluding carboxylic acids is 1. The Morgan fingerprint density at radius 3 is 2.59 bits per heavy atom. The van der Waals surface area contributed by atoms with Crippen molar-refractivity contribution in [3.63, 3.8) is 0 Å². The predicted molar refractivity (Wildman–Crippen MR) is 83.5 cm³/mol. The van der Waals surface area contributed by atoms with Crippen LogP contribution >= 0.6 is 11.6 Å². The van der Waals surface area contributed by atoms with Crippen molar-refractivity contribution >= 4 is 17.5 Å². The van der Waals surface area contributed by atoms with Crippen molar-refractivity contribution in [2.24, 2.45) is 5.92 Å². The van der Waals surface area contributed by atoms with Crippen LogP contribution in [0.25, 0.3) is 0 Å². The third-order valence-electron chi connectivity index (χ3n) is 3.29. The van der Waals surface area contributed by atoms with E-state index < -0.39 is 17.8 Å². The minimum absolute atomic E-state index is 0.0402. The molecule has 1 atom stereocenters. The van der Waals surface area contributed by atoms with E-state index in [1.54, 1.807) is 12.1 Å². The first-order valence-electron chi connectivity index (χ1n) is 6.83. The Bertz CT molecular complexity index is 743. The van der Waals surface area contributed by atoms with Crippen molar-refractivity contribution in [1.29, 1.82) is 0 Å². The topological polar surface area (TPSA) is 62.0 Å². The van der Waals surface area contributed by atoms with E-state index in [2.05, 4.69) is 10.3 Å². The average Bonchev–Trinajstić information content (AvgIpc) is 2.45. The first-order chi connectivity index (χ1) is 10.4. The lowest BCUT2D eigenvalue weighted by molar-refractivity contribution is 0.0924. The molecule has 0 saturated carbocycles. The lowest BCUT2D eigenvalue weighted by atomic mass is 9.95. The number of amides is 1. The van der Waals surface area contributed by atoms with Gasteiger partial charge in [-0.15, -0.1) is 0 Å². The molecule has 4 nitrogen and oxygen atoms in total. The van der Waals surface area contributed by atoms with Crippen LogP contribution < -0.4 is 10.9 Å². The molecule has 0 aliphatic heterocycles. The maximum Gasteiger partial charge on any atom is 0.252 e. The normalized spacial score (nSPS) is 12.2. The Morgan fingerprint density at radius 1 is 1.27 bits per heavy atom. The van der Waals surface area contributed by atoms with Crippen LogP contribution in [0.15, 0.2) is 41.3 Å². The van der Waals surface area contributed by atoms with Crippen LogP contribution in [0.4, 0.5) is 4.39 Å². The monoisotopic (exact) mass is 322 g/mol. The smallest absolute Gasteiger partial charge is 0.252 e. The van der Waals surface area contributed by atoms with Crippen molar-refractivity contribution in [3.05, 3.63) is 68.8 Å². The van der Waals surface area contributed by atoms with Crippen molar-refractivity contribution in [2.45, 2.75) is 19.9 Å². The van der Waals surface area contributed by atoms with Gasteiger partial charge < -0.3 is 10.3 Å². The highest BCUT2D eigenvalue weighted by molar-refractivity contribution is 6.30. The molecular weight excluding hydrogens is 307 g/mol. The van der Waals surface area contributed by atoms with Gasteiger partial charge in [-0.25, -0.2) is 4.39 Å². The van der Waals surface area contributed by atoms with Gasteiger partial charge in [0, 0.05) is 28.4 Å². The van der Waals surface area contributed by atoms with Crippen LogP contribution in [-0.2, 0) is 0 Å². The zero-order valence-electron chi connectivity index (χ0n) is 12.2. The molecule has 2 N–H and O–H groups in total. The van der Waals surface area contributed by atoms with E-state index in [4.69, 9.17) is 11.6 Å². The molecule has 22 heavy (non-hydrogen) atoms. The third-order valence-corrected chi connectivity index (χ3v) is 3.52. The Morgan fingerprint density at radius 2 is 2.00 bits per heavy atom. The number of rotatable bonds is 4. The molecule has 1 aromatic heterocycles. The Hall–Kier alpha value is -2.14. The minimum atomic E-state index is -0.524. The predicted octanol–water partition coefficient (Wildman–Crippen LogP) is 3.29. The first kappa shape index (κ1) is 16.2. The largest absolute Gasteiger partial charge is 0.345 e. The fourth-order valence-corrected chi connectivity index (χ4v) is 2.33. The lowest BCUT2D eigenvalue weighted by Gasteiger charge is -2.23. The summed E-state index contributed by atoms with van der Waals surface area (Å²) in [6.45, 7) is 3.74. The van der Waals surface area contributed by atoms with Gasteiger partial charge in [-0.05, 0) is 24.1 Å². The highest BCUT2D eigenvalue weighted by Gasteiger charge is 2.22. The number of H-pyrrole nitrogens is 1. The molecule has 2 rings (SSSR count). The number of aromatic amines is 1. The van der Waals surface area contributed by atoms with Crippen molar-refractivity contribution in [2.75, 3.05) is 0 Å². The van der Waals surface area contributed by atoms with Crippen LogP contribution in [0.5, 0.6) is 0 Å². The Kier molecular flexibility index (Phi) is 4.98. The summed E-state index contributed by atoms with van der Waals surface area (Å²) in [6.07, 6.45) is 1.39. The lowest BCUT2D eigenvalue weighted by Crippen LogP contribution is -2.32. The number of benzene rings is 1. The van der Waals surface area contributed by atoms with E-state index >= 15 is 0 Å². The summed E-state index contributed by atoms with van der Waals surface area (Å²) in [4.78, 5) is 26.0. The number of nitrogens with one attached hydrogen (secondary N) is 2. The summed E-state index contributed by atoms with van der Waals surface area (Å²) >= 11 is 5.75. The van der Waals surface area contributed by atoms with E-state index in [-0.39, 0.29) is 17.0 Å². The maximum absolute atomic E-state index is 14.1. The zero-order valence-corrected chi connectivity index (χ0v) is 12.9. The van der Waals surface area contributed by atoms with E-state index in [1.165, 1.54) is 24.4 Å². The maximum atomic E-state index is 14.1. The molecule has 0 saturated heterocycles. The number of halogens is 2. The molecule has 2 aromatic rings. The average molecular weight is 323 g/mol. The van der Waals surface area contributed by atoms with E-state index in [0.29, 0.717) is 10.6 Å². The molecule has 1 aromatic carbocycles. The summed E-state index contributed by atoms with van der Waals surface area (Å²) in [5, 5.41) is 3.06. The quantitative estimate of drug-likeness (QED) is 0.907. The zero-order chi connectivity index (χ0) is 16.3. The van der Waals surface area contributed by atoms with Crippen molar-refractivity contribution in [1.82, 2.24) is 10.3 Å². The minimum Gasteiger partial charge on any atom is -0.345 e. The molecule has 1 amide bonds. The van der Waals surface area contributed by atoms with Gasteiger partial charge >= 0.3 is 0 Å². The second kappa shape index (κ2) is 6.75. The first-order valence-corrected chi connectivity index (χ1v) is 7.21. The van der Waals surface area contributed by atoms with Crippen LogP contribution in [0.3, 0.4) is 0 Å². The molecule has 0 radical (unpaired) electrons. The highest BCUT2D eigenvalue weighted by atomic mass is 35.5. The molecule has 116 valence electrons. The van der Waals surface area contributed by atoms with Crippen LogP contribution in [0.2, 0.25) is 5.02 Å². The molecule has 0 spiro atoms. The van der Waals surface area contributed by atoms with E-state index in [9.17, 15) is 14.0 Å². The molecular formula is C16H16ClFN2O2. The molecule has 0 aliphatic carbocycles. The Balaban J connectivity index is 2.29. The SMILES string of the molecule is CC(C)[C@H](NC(=O)c1cc[nH]c(=O)c1)c1ccc(Cl)cc1F. The van der Waals surface area contributed by atoms with Gasteiger partial charge in [0.15, 0.2) is 0 Å². The number of carbonyl (C=O) groups is 1. The Labute approximate surface area is 132 Å². The van der Waals surface area contributed by atoms with E-state index in [0.717, 1.165) is 0 Å². The highest BCUT2D eigenvalue weighted by Crippen LogP contribution is 2.26. The molecule has 0 aliphatic rings. The molecule has 0 unspecified atom stereocenters. The summed E-state index contributed by atoms with van der Waals surface area (Å²) in [5.74, 6) is -0.946. The van der Waals surface area contributed by atoms with Gasteiger partial charge in [0.05, 0.1) is 6.04 Å². The van der Waals surface area contributed by atoms with Gasteiger partial charge in [0.25, 0.3) is 5.91 Å². The van der Waals surface area contributed by atoms with Gasteiger partial charge in [-0.1, -0.05) is 31.5 Å². The molecule has 6 heteroatoms. The van der Waals surface area contributed by atoms with E-state index in [1.807, 2.05) is 13.8 Å². The summed E-state index contributed by atoms with van der Waals surface area (Å²) < 4.78 is 14.1. The number of hydrogen-bond donors (Lipinski definition) is 2. The van der Waals surface area contributed by atoms with Crippen LogP contribution in [0.1, 0.15) is 35.8 Å². The van der Waals surface area contributed by atoms with Gasteiger partial charge in [0.2, 0.25) is 5.56 Å². The number of pyridine rings is 1. The summed E-state index contributed by atoms with van der Waals surface area (Å²) in [5.41, 5.74) is 0.216. The molecule has 1 heterocycles. The number of hydrogen-bond acceptors (Lipinski definition) is 2. The summed E-state index contributed by atoms with van der Waals surface area (Å²) in [7, 11) is 0. The fraction of sp³-hybridized carbons (Fsp3) is 0.250. The van der Waals surface area contributed by atoms with Crippen LogP contribution in [0, 0.1) is 11.7 Å². The second-order valence-corrected chi connectivity index (χ2v) is 5.74. The standard InChI is InChI=1S/C16H16ClFN2O2/c1-9(2)15(12-4-3-11(17)8-13(12)18)20-16(22)10-5-6-19-14(21)7-10/h3-9,15H,1-2H3,(H,19,21)(H,20,22)/t15-/m0/s1. The second-order valence-electron chi connectivity index (χ2n) is 5.30. The number of aromatic nitrogens is 1. The molecule has 0 fully saturated rings. The van der Waals surface area contributed by atoms with Gasteiger partial charge in [-0.3, -0.25) is 9.59 Å². The van der Waals surface area contributed by atoms with Crippen molar-refractivity contribution in [3.8, 4) is 0 Å². The summed E-state index contributed by atoms with van der Waals surface area (Å²) in [6, 6.07) is 6.52. The molecule has 0 bridgehead atoms. The van der Waals surface area contributed by atoms with Crippen molar-refractivity contribution < 1.29 is 9.18 Å². The third kappa shape index (κ3) is 3.74. The van der Waals surface area contributed by atoms with Crippen LogP contribution in [-0.4, -0.2) is 10.9 Å². The van der Waals surface area contributed by atoms with Gasteiger partial charge in [-0.2, -0.15) is 0 Å². The fourth-order valence-electron chi connectivity index (χ4n) is 2.17.